The van der Waals surface area contributed by atoms with Gasteiger partial charge in [0.25, 0.3) is 5.91 Å². The summed E-state index contributed by atoms with van der Waals surface area (Å²) in [6, 6.07) is 11.9. The quantitative estimate of drug-likeness (QED) is 0.877. The van der Waals surface area contributed by atoms with Crippen molar-refractivity contribution in [1.82, 2.24) is 0 Å². The summed E-state index contributed by atoms with van der Waals surface area (Å²) in [7, 11) is 1.52. The number of amides is 1. The first-order valence-corrected chi connectivity index (χ1v) is 7.32. The lowest BCUT2D eigenvalue weighted by atomic mass is 10.2. The van der Waals surface area contributed by atoms with Crippen molar-refractivity contribution in [1.29, 1.82) is 0 Å². The van der Waals surface area contributed by atoms with Gasteiger partial charge in [0, 0.05) is 5.02 Å². The van der Waals surface area contributed by atoms with E-state index >= 15 is 0 Å². The number of carbonyl (C=O) groups excluding carboxylic acids is 1. The third-order valence-corrected chi connectivity index (χ3v) is 3.48. The van der Waals surface area contributed by atoms with Crippen LogP contribution >= 0.6 is 23.2 Å². The maximum atomic E-state index is 12.2. The molecule has 22 heavy (non-hydrogen) atoms. The Kier molecular flexibility index (Phi) is 5.52. The predicted octanol–water partition coefficient (Wildman–Crippen LogP) is 4.41. The highest BCUT2D eigenvalue weighted by atomic mass is 35.5. The van der Waals surface area contributed by atoms with E-state index in [9.17, 15) is 4.79 Å². The van der Waals surface area contributed by atoms with Crippen LogP contribution in [0.5, 0.6) is 11.5 Å². The van der Waals surface area contributed by atoms with Crippen LogP contribution in [0.3, 0.4) is 0 Å². The zero-order valence-corrected chi connectivity index (χ0v) is 13.6. The summed E-state index contributed by atoms with van der Waals surface area (Å²) in [5.74, 6) is 0.632. The van der Waals surface area contributed by atoms with Crippen LogP contribution in [0.25, 0.3) is 0 Å². The molecule has 2 aromatic carbocycles. The number of ether oxygens (including phenoxy) is 2. The van der Waals surface area contributed by atoms with Gasteiger partial charge in [0.1, 0.15) is 11.5 Å². The summed E-state index contributed by atoms with van der Waals surface area (Å²) in [6.45, 7) is 1.63. The fraction of sp³-hybridized carbons (Fsp3) is 0.188. The molecule has 0 aliphatic rings. The van der Waals surface area contributed by atoms with E-state index < -0.39 is 6.10 Å². The summed E-state index contributed by atoms with van der Waals surface area (Å²) in [5, 5.41) is 3.67. The fourth-order valence-corrected chi connectivity index (χ4v) is 2.15. The molecular weight excluding hydrogens is 325 g/mol. The molecule has 1 unspecified atom stereocenters. The first-order chi connectivity index (χ1) is 10.5. The topological polar surface area (TPSA) is 47.6 Å². The maximum absolute atomic E-state index is 12.2. The van der Waals surface area contributed by atoms with Gasteiger partial charge in [-0.3, -0.25) is 4.79 Å². The molecule has 116 valence electrons. The second-order valence-electron chi connectivity index (χ2n) is 4.52. The van der Waals surface area contributed by atoms with Crippen LogP contribution in [-0.2, 0) is 4.79 Å². The normalized spacial score (nSPS) is 11.6. The zero-order valence-electron chi connectivity index (χ0n) is 12.1. The van der Waals surface area contributed by atoms with Gasteiger partial charge in [-0.25, -0.2) is 0 Å². The number of nitrogens with one attached hydrogen (secondary N) is 1. The molecular formula is C16H15Cl2NO3. The molecule has 4 nitrogen and oxygen atoms in total. The van der Waals surface area contributed by atoms with E-state index in [1.165, 1.54) is 7.11 Å². The molecule has 0 aliphatic heterocycles. The monoisotopic (exact) mass is 339 g/mol. The molecule has 0 saturated heterocycles. The van der Waals surface area contributed by atoms with Gasteiger partial charge in [-0.2, -0.15) is 0 Å². The van der Waals surface area contributed by atoms with Crippen molar-refractivity contribution in [3.05, 3.63) is 52.5 Å². The predicted molar refractivity (Wildman–Crippen MR) is 88.2 cm³/mol. The van der Waals surface area contributed by atoms with Crippen LogP contribution < -0.4 is 14.8 Å². The lowest BCUT2D eigenvalue weighted by Gasteiger charge is -2.17. The lowest BCUT2D eigenvalue weighted by molar-refractivity contribution is -0.122. The van der Waals surface area contributed by atoms with Crippen molar-refractivity contribution in [2.45, 2.75) is 13.0 Å². The van der Waals surface area contributed by atoms with Crippen LogP contribution in [0, 0.1) is 0 Å². The van der Waals surface area contributed by atoms with Gasteiger partial charge in [-0.1, -0.05) is 35.3 Å². The highest BCUT2D eigenvalue weighted by molar-refractivity contribution is 6.32. The Balaban J connectivity index is 2.09. The Hall–Kier alpha value is -1.91. The molecule has 0 aromatic heterocycles. The highest BCUT2D eigenvalue weighted by Crippen LogP contribution is 2.28. The zero-order chi connectivity index (χ0) is 16.1. The molecule has 0 saturated carbocycles. The minimum absolute atomic E-state index is 0.333. The Morgan fingerprint density at radius 3 is 2.55 bits per heavy atom. The number of methoxy groups -OCH3 is 1. The number of rotatable bonds is 5. The molecule has 6 heteroatoms. The van der Waals surface area contributed by atoms with Crippen molar-refractivity contribution >= 4 is 34.8 Å². The number of anilines is 1. The van der Waals surface area contributed by atoms with Crippen molar-refractivity contribution in [2.75, 3.05) is 12.4 Å². The molecule has 0 bridgehead atoms. The first-order valence-electron chi connectivity index (χ1n) is 6.57. The third kappa shape index (κ3) is 4.06. The summed E-state index contributed by atoms with van der Waals surface area (Å²) in [6.07, 6.45) is -0.733. The van der Waals surface area contributed by atoms with Crippen LogP contribution in [0.2, 0.25) is 10.0 Å². The first kappa shape index (κ1) is 16.5. The van der Waals surface area contributed by atoms with Gasteiger partial charge in [0.15, 0.2) is 6.10 Å². The molecule has 1 atom stereocenters. The summed E-state index contributed by atoms with van der Waals surface area (Å²) in [5.41, 5.74) is 0.481. The smallest absolute Gasteiger partial charge is 0.265 e. The minimum Gasteiger partial charge on any atom is -0.495 e. The Morgan fingerprint density at radius 2 is 1.86 bits per heavy atom. The van der Waals surface area contributed by atoms with Crippen molar-refractivity contribution in [3.63, 3.8) is 0 Å². The number of para-hydroxylation sites is 1. The van der Waals surface area contributed by atoms with Crippen molar-refractivity contribution < 1.29 is 14.3 Å². The average Bonchev–Trinajstić information content (AvgIpc) is 2.49. The molecule has 2 rings (SSSR count). The molecule has 1 amide bonds. The van der Waals surface area contributed by atoms with Gasteiger partial charge in [-0.15, -0.1) is 0 Å². The lowest BCUT2D eigenvalue weighted by Crippen LogP contribution is -2.30. The van der Waals surface area contributed by atoms with E-state index in [4.69, 9.17) is 32.7 Å². The molecule has 2 aromatic rings. The maximum Gasteiger partial charge on any atom is 0.265 e. The molecule has 0 heterocycles. The third-order valence-electron chi connectivity index (χ3n) is 2.93. The summed E-state index contributed by atoms with van der Waals surface area (Å²) >= 11 is 11.9. The summed E-state index contributed by atoms with van der Waals surface area (Å²) in [4.78, 5) is 12.2. The molecule has 0 spiro atoms. The molecule has 1 N–H and O–H groups in total. The highest BCUT2D eigenvalue weighted by Gasteiger charge is 2.18. The van der Waals surface area contributed by atoms with E-state index in [-0.39, 0.29) is 5.91 Å². The second kappa shape index (κ2) is 7.38. The van der Waals surface area contributed by atoms with Gasteiger partial charge in [-0.05, 0) is 37.3 Å². The number of benzene rings is 2. The van der Waals surface area contributed by atoms with Gasteiger partial charge >= 0.3 is 0 Å². The molecule has 0 radical (unpaired) electrons. The van der Waals surface area contributed by atoms with Gasteiger partial charge in [0.05, 0.1) is 17.8 Å². The van der Waals surface area contributed by atoms with Crippen LogP contribution in [0.1, 0.15) is 6.92 Å². The summed E-state index contributed by atoms with van der Waals surface area (Å²) < 4.78 is 10.7. The van der Waals surface area contributed by atoms with E-state index in [0.717, 1.165) is 0 Å². The Morgan fingerprint density at radius 1 is 1.14 bits per heavy atom. The van der Waals surface area contributed by atoms with Crippen molar-refractivity contribution in [2.24, 2.45) is 0 Å². The second-order valence-corrected chi connectivity index (χ2v) is 5.37. The standard InChI is InChI=1S/C16H15Cl2NO3/c1-10(22-14-6-4-3-5-12(14)18)16(20)19-13-9-11(17)7-8-15(13)21-2/h3-10H,1-2H3,(H,19,20). The number of carbonyl (C=O) groups is 1. The Labute approximate surface area is 138 Å². The van der Waals surface area contributed by atoms with Crippen LogP contribution in [0.4, 0.5) is 5.69 Å². The van der Waals surface area contributed by atoms with Crippen LogP contribution in [0.15, 0.2) is 42.5 Å². The molecule has 0 fully saturated rings. The van der Waals surface area contributed by atoms with E-state index in [0.29, 0.717) is 27.2 Å². The SMILES string of the molecule is COc1ccc(Cl)cc1NC(=O)C(C)Oc1ccccc1Cl. The number of hydrogen-bond acceptors (Lipinski definition) is 3. The van der Waals surface area contributed by atoms with Crippen molar-refractivity contribution in [3.8, 4) is 11.5 Å². The van der Waals surface area contributed by atoms with E-state index in [1.807, 2.05) is 0 Å². The largest absolute Gasteiger partial charge is 0.495 e. The number of halogens is 2. The number of hydrogen-bond donors (Lipinski definition) is 1. The fourth-order valence-electron chi connectivity index (χ4n) is 1.80. The van der Waals surface area contributed by atoms with E-state index in [2.05, 4.69) is 5.32 Å². The molecule has 0 aliphatic carbocycles. The average molecular weight is 340 g/mol. The van der Waals surface area contributed by atoms with Crippen LogP contribution in [-0.4, -0.2) is 19.1 Å². The van der Waals surface area contributed by atoms with Gasteiger partial charge < -0.3 is 14.8 Å². The Bertz CT molecular complexity index is 676. The minimum atomic E-state index is -0.733. The van der Waals surface area contributed by atoms with E-state index in [1.54, 1.807) is 49.4 Å². The van der Waals surface area contributed by atoms with Gasteiger partial charge in [0.2, 0.25) is 0 Å².